The van der Waals surface area contributed by atoms with Crippen LogP contribution in [0.25, 0.3) is 0 Å². The van der Waals surface area contributed by atoms with Gasteiger partial charge in [0, 0.05) is 18.1 Å². The van der Waals surface area contributed by atoms with Gasteiger partial charge in [-0.25, -0.2) is 0 Å². The van der Waals surface area contributed by atoms with Gasteiger partial charge in [0.2, 0.25) is 0 Å². The van der Waals surface area contributed by atoms with E-state index in [4.69, 9.17) is 9.31 Å². The lowest BCUT2D eigenvalue weighted by atomic mass is 9.80. The van der Waals surface area contributed by atoms with E-state index in [9.17, 15) is 0 Å². The third-order valence-corrected chi connectivity index (χ3v) is 2.55. The highest BCUT2D eigenvalue weighted by Crippen LogP contribution is 2.23. The molecule has 11 heavy (non-hydrogen) atoms. The second-order valence-corrected chi connectivity index (χ2v) is 3.38. The molecule has 2 atom stereocenters. The zero-order valence-electron chi connectivity index (χ0n) is 7.83. The summed E-state index contributed by atoms with van der Waals surface area (Å²) in [6.45, 7) is 8.49. The zero-order chi connectivity index (χ0) is 8.43. The van der Waals surface area contributed by atoms with E-state index >= 15 is 0 Å². The predicted octanol–water partition coefficient (Wildman–Crippen LogP) is 1.95. The van der Waals surface area contributed by atoms with Crippen LogP contribution in [0.4, 0.5) is 0 Å². The van der Waals surface area contributed by atoms with E-state index in [1.54, 1.807) is 0 Å². The Morgan fingerprint density at radius 2 is 1.55 bits per heavy atom. The summed E-state index contributed by atoms with van der Waals surface area (Å²) < 4.78 is 11.2. The Hall–Kier alpha value is -0.0151. The molecular formula is C8H17BO2. The Kier molecular flexibility index (Phi) is 2.96. The molecule has 1 aliphatic heterocycles. The molecule has 0 spiro atoms. The number of hydrogen-bond donors (Lipinski definition) is 0. The maximum atomic E-state index is 5.60. The van der Waals surface area contributed by atoms with Crippen LogP contribution in [0.1, 0.15) is 27.7 Å². The van der Waals surface area contributed by atoms with Crippen molar-refractivity contribution in [2.75, 3.05) is 0 Å². The first-order valence-corrected chi connectivity index (χ1v) is 4.46. The Morgan fingerprint density at radius 3 is 1.91 bits per heavy atom. The lowest BCUT2D eigenvalue weighted by Crippen LogP contribution is -2.44. The van der Waals surface area contributed by atoms with E-state index in [1.807, 2.05) is 0 Å². The van der Waals surface area contributed by atoms with Crippen molar-refractivity contribution in [3.63, 3.8) is 0 Å². The molecule has 1 aliphatic rings. The maximum absolute atomic E-state index is 5.60. The van der Waals surface area contributed by atoms with Crippen LogP contribution in [0, 0.1) is 5.92 Å². The van der Waals surface area contributed by atoms with Crippen molar-refractivity contribution in [2.45, 2.75) is 46.2 Å². The number of hydrogen-bond acceptors (Lipinski definition) is 2. The van der Waals surface area contributed by atoms with E-state index in [0.717, 1.165) is 6.32 Å². The van der Waals surface area contributed by atoms with Crippen LogP contribution in [0.5, 0.6) is 0 Å². The summed E-state index contributed by atoms with van der Waals surface area (Å²) in [4.78, 5) is 0. The molecule has 0 N–H and O–H groups in total. The minimum atomic E-state index is 0.0243. The largest absolute Gasteiger partial charge is 0.456 e. The molecule has 0 saturated carbocycles. The third kappa shape index (κ3) is 1.97. The molecule has 0 aromatic carbocycles. The predicted molar refractivity (Wildman–Crippen MR) is 46.5 cm³/mol. The van der Waals surface area contributed by atoms with Gasteiger partial charge in [0.1, 0.15) is 0 Å². The fourth-order valence-corrected chi connectivity index (χ4v) is 1.33. The summed E-state index contributed by atoms with van der Waals surface area (Å²) in [7, 11) is 0.0243. The minimum Gasteiger partial charge on any atom is -0.408 e. The van der Waals surface area contributed by atoms with Crippen LogP contribution in [0.2, 0.25) is 6.32 Å². The molecule has 2 nitrogen and oxygen atoms in total. The molecule has 0 aromatic rings. The highest BCUT2D eigenvalue weighted by atomic mass is 16.6. The maximum Gasteiger partial charge on any atom is 0.456 e. The Bertz CT molecular complexity index is 117. The van der Waals surface area contributed by atoms with Crippen molar-refractivity contribution in [2.24, 2.45) is 5.92 Å². The van der Waals surface area contributed by atoms with Crippen molar-refractivity contribution in [3.05, 3.63) is 0 Å². The molecule has 1 rings (SSSR count). The van der Waals surface area contributed by atoms with Crippen LogP contribution in [-0.2, 0) is 9.31 Å². The second kappa shape index (κ2) is 3.59. The standard InChI is InChI=1S/C8H17BO2/c1-5-9-10-7(3)6(2)8(4)11-9/h6-8H,5H2,1-4H3. The zero-order valence-corrected chi connectivity index (χ0v) is 7.83. The van der Waals surface area contributed by atoms with Gasteiger partial charge >= 0.3 is 7.12 Å². The van der Waals surface area contributed by atoms with E-state index in [0.29, 0.717) is 18.1 Å². The summed E-state index contributed by atoms with van der Waals surface area (Å²) in [5.74, 6) is 0.512. The average molecular weight is 156 g/mol. The van der Waals surface area contributed by atoms with Crippen LogP contribution < -0.4 is 0 Å². The Morgan fingerprint density at radius 1 is 1.09 bits per heavy atom. The first-order valence-electron chi connectivity index (χ1n) is 4.46. The molecule has 0 aliphatic carbocycles. The third-order valence-electron chi connectivity index (χ3n) is 2.55. The van der Waals surface area contributed by atoms with Gasteiger partial charge in [-0.1, -0.05) is 13.8 Å². The van der Waals surface area contributed by atoms with Gasteiger partial charge in [-0.2, -0.15) is 0 Å². The van der Waals surface area contributed by atoms with Crippen molar-refractivity contribution < 1.29 is 9.31 Å². The van der Waals surface area contributed by atoms with Crippen LogP contribution in [0.15, 0.2) is 0 Å². The highest BCUT2D eigenvalue weighted by molar-refractivity contribution is 6.44. The van der Waals surface area contributed by atoms with E-state index < -0.39 is 0 Å². The van der Waals surface area contributed by atoms with E-state index in [1.165, 1.54) is 0 Å². The first kappa shape index (κ1) is 9.08. The normalized spacial score (nSPS) is 39.3. The first-order chi connectivity index (χ1) is 5.15. The molecular weight excluding hydrogens is 139 g/mol. The molecule has 2 unspecified atom stereocenters. The monoisotopic (exact) mass is 156 g/mol. The number of rotatable bonds is 1. The topological polar surface area (TPSA) is 18.5 Å². The van der Waals surface area contributed by atoms with Gasteiger partial charge in [0.05, 0.1) is 0 Å². The molecule has 1 heterocycles. The highest BCUT2D eigenvalue weighted by Gasteiger charge is 2.33. The van der Waals surface area contributed by atoms with Crippen molar-refractivity contribution in [1.29, 1.82) is 0 Å². The summed E-state index contributed by atoms with van der Waals surface area (Å²) in [6.07, 6.45) is 1.62. The van der Waals surface area contributed by atoms with Crippen molar-refractivity contribution >= 4 is 7.12 Å². The quantitative estimate of drug-likeness (QED) is 0.540. The molecule has 1 saturated heterocycles. The van der Waals surface area contributed by atoms with E-state index in [2.05, 4.69) is 27.7 Å². The van der Waals surface area contributed by atoms with Crippen molar-refractivity contribution in [1.82, 2.24) is 0 Å². The van der Waals surface area contributed by atoms with Gasteiger partial charge in [0.15, 0.2) is 0 Å². The van der Waals surface area contributed by atoms with Gasteiger partial charge < -0.3 is 9.31 Å². The molecule has 0 bridgehead atoms. The molecule has 64 valence electrons. The second-order valence-electron chi connectivity index (χ2n) is 3.38. The fourth-order valence-electron chi connectivity index (χ4n) is 1.33. The molecule has 3 heteroatoms. The summed E-state index contributed by atoms with van der Waals surface area (Å²) >= 11 is 0. The lowest BCUT2D eigenvalue weighted by Gasteiger charge is -2.36. The molecule has 1 fully saturated rings. The summed E-state index contributed by atoms with van der Waals surface area (Å²) in [5.41, 5.74) is 0. The summed E-state index contributed by atoms with van der Waals surface area (Å²) in [5, 5.41) is 0. The molecule has 0 radical (unpaired) electrons. The minimum absolute atomic E-state index is 0.0243. The summed E-state index contributed by atoms with van der Waals surface area (Å²) in [6, 6.07) is 0. The fraction of sp³-hybridized carbons (Fsp3) is 1.00. The van der Waals surface area contributed by atoms with Crippen molar-refractivity contribution in [3.8, 4) is 0 Å². The van der Waals surface area contributed by atoms with Gasteiger partial charge in [-0.05, 0) is 20.2 Å². The van der Waals surface area contributed by atoms with Gasteiger partial charge in [-0.3, -0.25) is 0 Å². The lowest BCUT2D eigenvalue weighted by molar-refractivity contribution is -0.0150. The Balaban J connectivity index is 2.47. The van der Waals surface area contributed by atoms with Crippen LogP contribution >= 0.6 is 0 Å². The van der Waals surface area contributed by atoms with Gasteiger partial charge in [0.25, 0.3) is 0 Å². The average Bonchev–Trinajstić information content (AvgIpc) is 1.99. The molecule has 0 amide bonds. The smallest absolute Gasteiger partial charge is 0.408 e. The van der Waals surface area contributed by atoms with Crippen LogP contribution in [0.3, 0.4) is 0 Å². The van der Waals surface area contributed by atoms with Gasteiger partial charge in [-0.15, -0.1) is 0 Å². The SMILES string of the molecule is CCB1OC(C)C(C)C(C)O1. The van der Waals surface area contributed by atoms with Crippen LogP contribution in [-0.4, -0.2) is 19.3 Å². The molecule has 0 aromatic heterocycles. The van der Waals surface area contributed by atoms with E-state index in [-0.39, 0.29) is 7.12 Å². The Labute approximate surface area is 69.4 Å².